The van der Waals surface area contributed by atoms with Gasteiger partial charge in [-0.3, -0.25) is 14.2 Å². The molecule has 0 radical (unpaired) electrons. The molecule has 0 saturated heterocycles. The number of hydrogen-bond donors (Lipinski definition) is 0. The number of ether oxygens (including phenoxy) is 1. The highest BCUT2D eigenvalue weighted by molar-refractivity contribution is 5.77. The number of aryl methyl sites for hydroxylation is 1. The molecular formula is C20H17N3O3. The molecule has 0 atom stereocenters. The first-order valence-electron chi connectivity index (χ1n) is 8.18. The van der Waals surface area contributed by atoms with E-state index < -0.39 is 5.97 Å². The molecule has 130 valence electrons. The van der Waals surface area contributed by atoms with E-state index in [9.17, 15) is 9.59 Å². The number of nitrogens with zero attached hydrogens (tertiary/aromatic N) is 3. The minimum atomic E-state index is -0.403. The fourth-order valence-electron chi connectivity index (χ4n) is 2.69. The molecule has 26 heavy (non-hydrogen) atoms. The SMILES string of the molecule is Cn1c(CCC(=O)OCc2ccccc2C#N)nc2ccccc2c1=O. The Bertz CT molecular complexity index is 1060. The van der Waals surface area contributed by atoms with Gasteiger partial charge in [0.2, 0.25) is 0 Å². The number of carbonyl (C=O) groups is 1. The number of para-hydroxylation sites is 1. The Hall–Kier alpha value is -3.46. The summed E-state index contributed by atoms with van der Waals surface area (Å²) < 4.78 is 6.70. The van der Waals surface area contributed by atoms with Gasteiger partial charge in [0.05, 0.1) is 29.0 Å². The Labute approximate surface area is 150 Å². The molecule has 6 nitrogen and oxygen atoms in total. The topological polar surface area (TPSA) is 85.0 Å². The second kappa shape index (κ2) is 7.62. The molecule has 1 heterocycles. The van der Waals surface area contributed by atoms with E-state index in [1.54, 1.807) is 49.5 Å². The molecule has 0 aliphatic rings. The lowest BCUT2D eigenvalue weighted by atomic mass is 10.1. The molecule has 1 aromatic heterocycles. The third-order valence-electron chi connectivity index (χ3n) is 4.15. The maximum atomic E-state index is 12.4. The highest BCUT2D eigenvalue weighted by atomic mass is 16.5. The van der Waals surface area contributed by atoms with Crippen molar-refractivity contribution in [3.63, 3.8) is 0 Å². The average Bonchev–Trinajstić information content (AvgIpc) is 2.68. The zero-order valence-corrected chi connectivity index (χ0v) is 14.3. The van der Waals surface area contributed by atoms with Gasteiger partial charge >= 0.3 is 5.97 Å². The van der Waals surface area contributed by atoms with Gasteiger partial charge < -0.3 is 4.74 Å². The third kappa shape index (κ3) is 3.62. The molecule has 3 aromatic rings. The first-order chi connectivity index (χ1) is 12.6. The van der Waals surface area contributed by atoms with Crippen molar-refractivity contribution in [1.29, 1.82) is 5.26 Å². The molecular weight excluding hydrogens is 330 g/mol. The highest BCUT2D eigenvalue weighted by Gasteiger charge is 2.11. The summed E-state index contributed by atoms with van der Waals surface area (Å²) in [5, 5.41) is 9.60. The lowest BCUT2D eigenvalue weighted by Gasteiger charge is -2.09. The molecule has 0 aliphatic carbocycles. The van der Waals surface area contributed by atoms with Crippen LogP contribution in [0.25, 0.3) is 10.9 Å². The molecule has 0 fully saturated rings. The predicted octanol–water partition coefficient (Wildman–Crippen LogP) is 2.48. The number of aromatic nitrogens is 2. The van der Waals surface area contributed by atoms with E-state index in [2.05, 4.69) is 11.1 Å². The second-order valence-electron chi connectivity index (χ2n) is 5.84. The number of esters is 1. The maximum absolute atomic E-state index is 12.4. The van der Waals surface area contributed by atoms with E-state index in [-0.39, 0.29) is 18.6 Å². The van der Waals surface area contributed by atoms with Crippen molar-refractivity contribution in [1.82, 2.24) is 9.55 Å². The Morgan fingerprint density at radius 3 is 2.73 bits per heavy atom. The summed E-state index contributed by atoms with van der Waals surface area (Å²) in [5.41, 5.74) is 1.63. The summed E-state index contributed by atoms with van der Waals surface area (Å²) >= 11 is 0. The van der Waals surface area contributed by atoms with E-state index >= 15 is 0 Å². The van der Waals surface area contributed by atoms with E-state index in [0.29, 0.717) is 34.3 Å². The molecule has 0 unspecified atom stereocenters. The van der Waals surface area contributed by atoms with Crippen LogP contribution in [0.2, 0.25) is 0 Å². The molecule has 0 N–H and O–H groups in total. The van der Waals surface area contributed by atoms with Gasteiger partial charge in [0.15, 0.2) is 0 Å². The summed E-state index contributed by atoms with van der Waals surface area (Å²) in [5.74, 6) is 0.128. The normalized spacial score (nSPS) is 10.5. The largest absolute Gasteiger partial charge is 0.461 e. The van der Waals surface area contributed by atoms with Crippen molar-refractivity contribution < 1.29 is 9.53 Å². The maximum Gasteiger partial charge on any atom is 0.306 e. The molecule has 0 saturated carbocycles. The Kier molecular flexibility index (Phi) is 5.09. The van der Waals surface area contributed by atoms with Gasteiger partial charge in [-0.1, -0.05) is 30.3 Å². The molecule has 6 heteroatoms. The van der Waals surface area contributed by atoms with Crippen molar-refractivity contribution in [2.75, 3.05) is 0 Å². The van der Waals surface area contributed by atoms with Crippen LogP contribution >= 0.6 is 0 Å². The molecule has 0 spiro atoms. The van der Waals surface area contributed by atoms with Gasteiger partial charge in [-0.2, -0.15) is 5.26 Å². The van der Waals surface area contributed by atoms with Crippen LogP contribution in [0.3, 0.4) is 0 Å². The van der Waals surface area contributed by atoms with Crippen molar-refractivity contribution in [3.8, 4) is 6.07 Å². The number of carbonyl (C=O) groups excluding carboxylic acids is 1. The van der Waals surface area contributed by atoms with Gasteiger partial charge in [0.1, 0.15) is 12.4 Å². The van der Waals surface area contributed by atoms with Gasteiger partial charge in [0, 0.05) is 19.0 Å². The van der Waals surface area contributed by atoms with Gasteiger partial charge in [-0.25, -0.2) is 4.98 Å². The van der Waals surface area contributed by atoms with Gasteiger partial charge in [0.25, 0.3) is 5.56 Å². The van der Waals surface area contributed by atoms with Crippen LogP contribution in [0.5, 0.6) is 0 Å². The van der Waals surface area contributed by atoms with Crippen molar-refractivity contribution in [2.24, 2.45) is 7.05 Å². The van der Waals surface area contributed by atoms with Crippen LogP contribution in [0.4, 0.5) is 0 Å². The summed E-state index contributed by atoms with van der Waals surface area (Å²) in [6, 6.07) is 16.2. The van der Waals surface area contributed by atoms with E-state index in [0.717, 1.165) is 0 Å². The summed E-state index contributed by atoms with van der Waals surface area (Å²) in [6.45, 7) is 0.0483. The standard InChI is InChI=1S/C20H17N3O3/c1-23-18(22-17-9-5-4-8-16(17)20(23)25)10-11-19(24)26-13-15-7-3-2-6-14(15)12-21/h2-9H,10-11,13H2,1H3. The smallest absolute Gasteiger partial charge is 0.306 e. The molecule has 2 aromatic carbocycles. The summed E-state index contributed by atoms with van der Waals surface area (Å²) in [4.78, 5) is 28.8. The summed E-state index contributed by atoms with van der Waals surface area (Å²) in [7, 11) is 1.64. The molecule has 0 bridgehead atoms. The fraction of sp³-hybridized carbons (Fsp3) is 0.200. The minimum Gasteiger partial charge on any atom is -0.461 e. The van der Waals surface area contributed by atoms with Crippen molar-refractivity contribution in [3.05, 3.63) is 75.8 Å². The highest BCUT2D eigenvalue weighted by Crippen LogP contribution is 2.11. The van der Waals surface area contributed by atoms with Crippen molar-refractivity contribution >= 4 is 16.9 Å². The minimum absolute atomic E-state index is 0.0483. The first kappa shape index (κ1) is 17.4. The van der Waals surface area contributed by atoms with Crippen molar-refractivity contribution in [2.45, 2.75) is 19.4 Å². The zero-order valence-electron chi connectivity index (χ0n) is 14.3. The Balaban J connectivity index is 1.67. The quantitative estimate of drug-likeness (QED) is 0.662. The van der Waals surface area contributed by atoms with Gasteiger partial charge in [-0.15, -0.1) is 0 Å². The number of benzene rings is 2. The average molecular weight is 347 g/mol. The third-order valence-corrected chi connectivity index (χ3v) is 4.15. The second-order valence-corrected chi connectivity index (χ2v) is 5.84. The van der Waals surface area contributed by atoms with Crippen LogP contribution in [0.1, 0.15) is 23.4 Å². The lowest BCUT2D eigenvalue weighted by Crippen LogP contribution is -2.23. The number of nitriles is 1. The van der Waals surface area contributed by atoms with Crippen LogP contribution in [-0.4, -0.2) is 15.5 Å². The van der Waals surface area contributed by atoms with Crippen LogP contribution < -0.4 is 5.56 Å². The lowest BCUT2D eigenvalue weighted by molar-refractivity contribution is -0.144. The van der Waals surface area contributed by atoms with Crippen LogP contribution in [-0.2, 0) is 29.6 Å². The first-order valence-corrected chi connectivity index (χ1v) is 8.18. The summed E-state index contributed by atoms with van der Waals surface area (Å²) in [6.07, 6.45) is 0.405. The van der Waals surface area contributed by atoms with Crippen LogP contribution in [0.15, 0.2) is 53.3 Å². The Morgan fingerprint density at radius 1 is 1.19 bits per heavy atom. The predicted molar refractivity (Wildman–Crippen MR) is 96.3 cm³/mol. The number of fused-ring (bicyclic) bond motifs is 1. The van der Waals surface area contributed by atoms with E-state index in [4.69, 9.17) is 10.00 Å². The molecule has 0 aliphatic heterocycles. The van der Waals surface area contributed by atoms with Gasteiger partial charge in [-0.05, 0) is 18.2 Å². The number of rotatable bonds is 5. The van der Waals surface area contributed by atoms with E-state index in [1.165, 1.54) is 4.57 Å². The number of hydrogen-bond acceptors (Lipinski definition) is 5. The Morgan fingerprint density at radius 2 is 1.92 bits per heavy atom. The molecule has 0 amide bonds. The monoisotopic (exact) mass is 347 g/mol. The van der Waals surface area contributed by atoms with E-state index in [1.807, 2.05) is 6.07 Å². The molecule has 3 rings (SSSR count). The van der Waals surface area contributed by atoms with Crippen LogP contribution in [0, 0.1) is 11.3 Å². The zero-order chi connectivity index (χ0) is 18.5. The fourth-order valence-corrected chi connectivity index (χ4v) is 2.69.